The van der Waals surface area contributed by atoms with Crippen molar-refractivity contribution in [2.75, 3.05) is 17.7 Å². The summed E-state index contributed by atoms with van der Waals surface area (Å²) in [5.41, 5.74) is 6.30. The van der Waals surface area contributed by atoms with Crippen molar-refractivity contribution < 1.29 is 0 Å². The van der Waals surface area contributed by atoms with Crippen LogP contribution in [0, 0.1) is 13.8 Å². The first-order valence-electron chi connectivity index (χ1n) is 8.85. The van der Waals surface area contributed by atoms with Gasteiger partial charge >= 0.3 is 0 Å². The molecule has 0 radical (unpaired) electrons. The maximum atomic E-state index is 6.48. The van der Waals surface area contributed by atoms with Gasteiger partial charge in [0.1, 0.15) is 5.52 Å². The van der Waals surface area contributed by atoms with Crippen LogP contribution in [0.1, 0.15) is 11.3 Å². The Balaban J connectivity index is 1.73. The lowest BCUT2D eigenvalue weighted by Crippen LogP contribution is -1.99. The summed E-state index contributed by atoms with van der Waals surface area (Å²) in [4.78, 5) is 17.8. The van der Waals surface area contributed by atoms with Crippen molar-refractivity contribution in [3.63, 3.8) is 0 Å². The number of nitrogens with zero attached hydrogens (tertiary/aromatic N) is 4. The van der Waals surface area contributed by atoms with Crippen LogP contribution in [0.5, 0.6) is 0 Å². The maximum Gasteiger partial charge on any atom is 0.227 e. The first-order valence-corrected chi connectivity index (χ1v) is 9.23. The number of fused-ring (bicyclic) bond motifs is 1. The standard InChI is InChI=1S/C21H19ClN6/c1-12-4-6-15(23-3)9-17(12)18-8-14-10-25-21(28-19(14)20(22)27-18)26-16-7-5-13(2)24-11-16/h4-11,23H,1-3H3,(H,25,26,28). The summed E-state index contributed by atoms with van der Waals surface area (Å²) in [6.45, 7) is 3.99. The zero-order valence-corrected chi connectivity index (χ0v) is 16.5. The number of aryl methyl sites for hydroxylation is 2. The van der Waals surface area contributed by atoms with E-state index in [0.29, 0.717) is 16.6 Å². The van der Waals surface area contributed by atoms with Crippen LogP contribution < -0.4 is 10.6 Å². The Hall–Kier alpha value is -3.25. The molecule has 1 aromatic carbocycles. The van der Waals surface area contributed by atoms with Gasteiger partial charge < -0.3 is 10.6 Å². The highest BCUT2D eigenvalue weighted by Gasteiger charge is 2.12. The normalized spacial score (nSPS) is 10.9. The molecule has 6 nitrogen and oxygen atoms in total. The van der Waals surface area contributed by atoms with E-state index >= 15 is 0 Å². The molecule has 4 rings (SSSR count). The number of pyridine rings is 2. The predicted molar refractivity (Wildman–Crippen MR) is 114 cm³/mol. The molecule has 0 aliphatic carbocycles. The van der Waals surface area contributed by atoms with Crippen LogP contribution >= 0.6 is 11.6 Å². The Bertz CT molecular complexity index is 1160. The quantitative estimate of drug-likeness (QED) is 0.470. The average Bonchev–Trinajstić information content (AvgIpc) is 2.70. The van der Waals surface area contributed by atoms with Crippen molar-refractivity contribution in [1.82, 2.24) is 19.9 Å². The molecule has 3 aromatic heterocycles. The molecular weight excluding hydrogens is 372 g/mol. The second-order valence-electron chi connectivity index (χ2n) is 6.52. The molecule has 0 saturated carbocycles. The summed E-state index contributed by atoms with van der Waals surface area (Å²) in [6.07, 6.45) is 3.49. The lowest BCUT2D eigenvalue weighted by molar-refractivity contribution is 1.17. The minimum Gasteiger partial charge on any atom is -0.388 e. The van der Waals surface area contributed by atoms with Gasteiger partial charge in [-0.25, -0.2) is 15.0 Å². The lowest BCUT2D eigenvalue weighted by Gasteiger charge is -2.11. The molecule has 0 unspecified atom stereocenters. The Morgan fingerprint density at radius 1 is 0.893 bits per heavy atom. The monoisotopic (exact) mass is 390 g/mol. The molecular formula is C21H19ClN6. The summed E-state index contributed by atoms with van der Waals surface area (Å²) in [5, 5.41) is 7.47. The van der Waals surface area contributed by atoms with Crippen LogP contribution in [0.15, 0.2) is 48.8 Å². The van der Waals surface area contributed by atoms with Gasteiger partial charge in [0.2, 0.25) is 5.95 Å². The van der Waals surface area contributed by atoms with Crippen LogP contribution in [-0.2, 0) is 0 Å². The molecule has 28 heavy (non-hydrogen) atoms. The van der Waals surface area contributed by atoms with Crippen molar-refractivity contribution in [3.05, 3.63) is 65.2 Å². The Labute approximate surface area is 168 Å². The van der Waals surface area contributed by atoms with Crippen molar-refractivity contribution in [2.45, 2.75) is 13.8 Å². The zero-order chi connectivity index (χ0) is 19.7. The highest BCUT2D eigenvalue weighted by Crippen LogP contribution is 2.30. The van der Waals surface area contributed by atoms with Gasteiger partial charge in [0.05, 0.1) is 17.6 Å². The topological polar surface area (TPSA) is 75.6 Å². The molecule has 0 amide bonds. The second-order valence-corrected chi connectivity index (χ2v) is 6.88. The van der Waals surface area contributed by atoms with Crippen LogP contribution in [0.4, 0.5) is 17.3 Å². The van der Waals surface area contributed by atoms with Crippen LogP contribution in [0.3, 0.4) is 0 Å². The van der Waals surface area contributed by atoms with E-state index in [-0.39, 0.29) is 0 Å². The van der Waals surface area contributed by atoms with E-state index in [1.807, 2.05) is 45.2 Å². The fraction of sp³-hybridized carbons (Fsp3) is 0.143. The molecule has 0 fully saturated rings. The highest BCUT2D eigenvalue weighted by atomic mass is 35.5. The average molecular weight is 391 g/mol. The predicted octanol–water partition coefficient (Wildman–Crippen LogP) is 5.14. The van der Waals surface area contributed by atoms with Crippen molar-refractivity contribution in [3.8, 4) is 11.3 Å². The third kappa shape index (κ3) is 3.59. The number of benzene rings is 1. The van der Waals surface area contributed by atoms with Gasteiger partial charge in [0.15, 0.2) is 5.15 Å². The van der Waals surface area contributed by atoms with Gasteiger partial charge in [-0.3, -0.25) is 4.98 Å². The molecule has 0 spiro atoms. The van der Waals surface area contributed by atoms with Gasteiger partial charge in [0, 0.05) is 35.6 Å². The van der Waals surface area contributed by atoms with E-state index in [0.717, 1.165) is 39.3 Å². The van der Waals surface area contributed by atoms with Gasteiger partial charge in [-0.1, -0.05) is 17.7 Å². The van der Waals surface area contributed by atoms with E-state index in [1.54, 1.807) is 12.4 Å². The van der Waals surface area contributed by atoms with E-state index in [2.05, 4.69) is 42.7 Å². The maximum absolute atomic E-state index is 6.48. The van der Waals surface area contributed by atoms with Crippen molar-refractivity contribution in [1.29, 1.82) is 0 Å². The van der Waals surface area contributed by atoms with Gasteiger partial charge in [-0.2, -0.15) is 0 Å². The molecule has 2 N–H and O–H groups in total. The molecule has 0 saturated heterocycles. The molecule has 0 aliphatic heterocycles. The summed E-state index contributed by atoms with van der Waals surface area (Å²) >= 11 is 6.48. The number of aromatic nitrogens is 4. The first-order chi connectivity index (χ1) is 13.5. The van der Waals surface area contributed by atoms with E-state index < -0.39 is 0 Å². The second kappa shape index (κ2) is 7.40. The number of hydrogen-bond donors (Lipinski definition) is 2. The minimum absolute atomic E-state index is 0.342. The Morgan fingerprint density at radius 3 is 2.46 bits per heavy atom. The molecule has 4 aromatic rings. The fourth-order valence-electron chi connectivity index (χ4n) is 2.92. The molecule has 0 atom stereocenters. The number of halogens is 1. The molecule has 0 aliphatic rings. The van der Waals surface area contributed by atoms with Crippen molar-refractivity contribution >= 4 is 39.8 Å². The first kappa shape index (κ1) is 18.1. The number of hydrogen-bond acceptors (Lipinski definition) is 6. The smallest absolute Gasteiger partial charge is 0.227 e. The minimum atomic E-state index is 0.342. The lowest BCUT2D eigenvalue weighted by atomic mass is 10.0. The summed E-state index contributed by atoms with van der Waals surface area (Å²) in [6, 6.07) is 12.0. The van der Waals surface area contributed by atoms with E-state index in [9.17, 15) is 0 Å². The van der Waals surface area contributed by atoms with Crippen LogP contribution in [0.25, 0.3) is 22.2 Å². The SMILES string of the molecule is CNc1ccc(C)c(-c2cc3cnc(Nc4ccc(C)nc4)nc3c(Cl)n2)c1. The van der Waals surface area contributed by atoms with Crippen LogP contribution in [-0.4, -0.2) is 27.0 Å². The van der Waals surface area contributed by atoms with Gasteiger partial charge in [-0.15, -0.1) is 0 Å². The van der Waals surface area contributed by atoms with Crippen LogP contribution in [0.2, 0.25) is 5.15 Å². The van der Waals surface area contributed by atoms with Crippen molar-refractivity contribution in [2.24, 2.45) is 0 Å². The number of anilines is 3. The van der Waals surface area contributed by atoms with E-state index in [4.69, 9.17) is 11.6 Å². The van der Waals surface area contributed by atoms with Gasteiger partial charge in [-0.05, 0) is 49.7 Å². The number of nitrogens with one attached hydrogen (secondary N) is 2. The molecule has 7 heteroatoms. The molecule has 3 heterocycles. The summed E-state index contributed by atoms with van der Waals surface area (Å²) < 4.78 is 0. The summed E-state index contributed by atoms with van der Waals surface area (Å²) in [5.74, 6) is 0.447. The zero-order valence-electron chi connectivity index (χ0n) is 15.8. The highest BCUT2D eigenvalue weighted by molar-refractivity contribution is 6.34. The third-order valence-corrected chi connectivity index (χ3v) is 4.76. The van der Waals surface area contributed by atoms with Gasteiger partial charge in [0.25, 0.3) is 0 Å². The number of rotatable bonds is 4. The fourth-order valence-corrected chi connectivity index (χ4v) is 3.17. The molecule has 140 valence electrons. The van der Waals surface area contributed by atoms with E-state index in [1.165, 1.54) is 0 Å². The Kier molecular flexibility index (Phi) is 4.79. The summed E-state index contributed by atoms with van der Waals surface area (Å²) in [7, 11) is 1.89. The third-order valence-electron chi connectivity index (χ3n) is 4.49. The molecule has 0 bridgehead atoms. The largest absolute Gasteiger partial charge is 0.388 e. The Morgan fingerprint density at radius 2 is 1.71 bits per heavy atom.